The summed E-state index contributed by atoms with van der Waals surface area (Å²) in [5, 5.41) is 13.6. The smallest absolute Gasteiger partial charge is 0.387 e. The highest BCUT2D eigenvalue weighted by Crippen LogP contribution is 2.18. The summed E-state index contributed by atoms with van der Waals surface area (Å²) < 4.78 is 41.4. The van der Waals surface area contributed by atoms with Gasteiger partial charge in [0.25, 0.3) is 0 Å². The fourth-order valence-corrected chi connectivity index (χ4v) is 1.70. The molecule has 0 spiro atoms. The lowest BCUT2D eigenvalue weighted by Gasteiger charge is -2.09. The summed E-state index contributed by atoms with van der Waals surface area (Å²) in [6.07, 6.45) is 0. The van der Waals surface area contributed by atoms with Crippen molar-refractivity contribution in [3.8, 4) is 11.8 Å². The molecule has 2 aromatic carbocycles. The van der Waals surface area contributed by atoms with E-state index in [0.29, 0.717) is 5.69 Å². The van der Waals surface area contributed by atoms with Crippen molar-refractivity contribution >= 4 is 17.4 Å². The van der Waals surface area contributed by atoms with E-state index >= 15 is 0 Å². The van der Waals surface area contributed by atoms with Crippen LogP contribution in [-0.2, 0) is 0 Å². The maximum Gasteiger partial charge on any atom is 0.387 e. The second kappa shape index (κ2) is 7.17. The van der Waals surface area contributed by atoms with Gasteiger partial charge in [-0.25, -0.2) is 9.18 Å². The second-order valence-electron chi connectivity index (χ2n) is 4.29. The molecule has 0 fully saturated rings. The number of amides is 2. The first-order chi connectivity index (χ1) is 11.0. The van der Waals surface area contributed by atoms with E-state index in [-0.39, 0.29) is 17.0 Å². The Kier molecular flexibility index (Phi) is 5.04. The van der Waals surface area contributed by atoms with Crippen LogP contribution < -0.4 is 15.4 Å². The SMILES string of the molecule is N#Cc1cc(NC(=O)Nc2ccc(OC(F)F)cc2)ccc1F. The van der Waals surface area contributed by atoms with Gasteiger partial charge in [-0.2, -0.15) is 14.0 Å². The molecule has 2 N–H and O–H groups in total. The number of carbonyl (C=O) groups is 1. The van der Waals surface area contributed by atoms with E-state index in [4.69, 9.17) is 5.26 Å². The highest BCUT2D eigenvalue weighted by atomic mass is 19.3. The normalized spacial score (nSPS) is 10.0. The molecule has 2 amide bonds. The Balaban J connectivity index is 1.98. The number of ether oxygens (including phenoxy) is 1. The maximum atomic E-state index is 13.2. The quantitative estimate of drug-likeness (QED) is 0.895. The molecule has 0 saturated heterocycles. The number of nitrogens with one attached hydrogen (secondary N) is 2. The predicted molar refractivity (Wildman–Crippen MR) is 76.8 cm³/mol. The van der Waals surface area contributed by atoms with Crippen LogP contribution in [0.25, 0.3) is 0 Å². The van der Waals surface area contributed by atoms with Crippen molar-refractivity contribution in [1.82, 2.24) is 0 Å². The van der Waals surface area contributed by atoms with Gasteiger partial charge in [0.1, 0.15) is 17.6 Å². The Morgan fingerprint density at radius 3 is 2.30 bits per heavy atom. The molecule has 0 aromatic heterocycles. The Bertz CT molecular complexity index is 743. The largest absolute Gasteiger partial charge is 0.435 e. The topological polar surface area (TPSA) is 74.2 Å². The van der Waals surface area contributed by atoms with Gasteiger partial charge in [0.2, 0.25) is 0 Å². The van der Waals surface area contributed by atoms with Crippen molar-refractivity contribution in [1.29, 1.82) is 5.26 Å². The molecule has 8 heteroatoms. The van der Waals surface area contributed by atoms with Crippen molar-refractivity contribution in [2.45, 2.75) is 6.61 Å². The minimum Gasteiger partial charge on any atom is -0.435 e. The average Bonchev–Trinajstić information content (AvgIpc) is 2.50. The van der Waals surface area contributed by atoms with Gasteiger partial charge >= 0.3 is 12.6 Å². The Morgan fingerprint density at radius 2 is 1.70 bits per heavy atom. The Hall–Kier alpha value is -3.21. The molecule has 5 nitrogen and oxygen atoms in total. The molecule has 23 heavy (non-hydrogen) atoms. The van der Waals surface area contributed by atoms with Crippen molar-refractivity contribution in [2.75, 3.05) is 10.6 Å². The standard InChI is InChI=1S/C15H10F3N3O2/c16-13-6-3-11(7-9(13)8-19)21-15(22)20-10-1-4-12(5-2-10)23-14(17)18/h1-7,14H,(H2,20,21,22). The molecule has 2 rings (SSSR count). The van der Waals surface area contributed by atoms with Crippen molar-refractivity contribution < 1.29 is 22.7 Å². The van der Waals surface area contributed by atoms with E-state index in [1.165, 1.54) is 36.4 Å². The number of carbonyl (C=O) groups excluding carboxylic acids is 1. The molecule has 0 unspecified atom stereocenters. The van der Waals surface area contributed by atoms with E-state index < -0.39 is 18.5 Å². The monoisotopic (exact) mass is 321 g/mol. The summed E-state index contributed by atoms with van der Waals surface area (Å²) in [4.78, 5) is 11.8. The summed E-state index contributed by atoms with van der Waals surface area (Å²) in [5.74, 6) is -0.726. The molecule has 0 radical (unpaired) electrons. The van der Waals surface area contributed by atoms with Crippen LogP contribution in [0, 0.1) is 17.1 Å². The second-order valence-corrected chi connectivity index (χ2v) is 4.29. The van der Waals surface area contributed by atoms with Crippen molar-refractivity contribution in [3.63, 3.8) is 0 Å². The molecule has 0 aliphatic heterocycles. The summed E-state index contributed by atoms with van der Waals surface area (Å²) in [7, 11) is 0. The highest BCUT2D eigenvalue weighted by molar-refractivity contribution is 5.99. The van der Waals surface area contributed by atoms with Crippen LogP contribution in [0.5, 0.6) is 5.75 Å². The van der Waals surface area contributed by atoms with E-state index in [2.05, 4.69) is 15.4 Å². The molecule has 0 aliphatic rings. The Morgan fingerprint density at radius 1 is 1.09 bits per heavy atom. The number of hydrogen-bond donors (Lipinski definition) is 2. The van der Waals surface area contributed by atoms with Crippen molar-refractivity contribution in [2.24, 2.45) is 0 Å². The van der Waals surface area contributed by atoms with Crippen LogP contribution in [0.2, 0.25) is 0 Å². The van der Waals surface area contributed by atoms with Gasteiger partial charge in [-0.1, -0.05) is 0 Å². The number of benzene rings is 2. The number of halogens is 3. The van der Waals surface area contributed by atoms with E-state index in [1.807, 2.05) is 0 Å². The third kappa shape index (κ3) is 4.64. The lowest BCUT2D eigenvalue weighted by molar-refractivity contribution is -0.0498. The first-order valence-corrected chi connectivity index (χ1v) is 6.30. The number of rotatable bonds is 4. The number of anilines is 2. The van der Waals surface area contributed by atoms with E-state index in [1.54, 1.807) is 6.07 Å². The molecule has 0 aliphatic carbocycles. The van der Waals surface area contributed by atoms with Gasteiger partial charge in [0.05, 0.1) is 5.56 Å². The van der Waals surface area contributed by atoms with Gasteiger partial charge in [0.15, 0.2) is 0 Å². The molecule has 0 saturated carbocycles. The molecule has 0 atom stereocenters. The third-order valence-corrected chi connectivity index (χ3v) is 2.68. The summed E-state index contributed by atoms with van der Waals surface area (Å²) in [6, 6.07) is 9.87. The lowest BCUT2D eigenvalue weighted by atomic mass is 10.2. The fourth-order valence-electron chi connectivity index (χ4n) is 1.70. The van der Waals surface area contributed by atoms with Crippen LogP contribution in [0.1, 0.15) is 5.56 Å². The minimum atomic E-state index is -2.93. The zero-order chi connectivity index (χ0) is 16.8. The fraction of sp³-hybridized carbons (Fsp3) is 0.0667. The summed E-state index contributed by atoms with van der Waals surface area (Å²) in [6.45, 7) is -2.93. The number of alkyl halides is 2. The van der Waals surface area contributed by atoms with Gasteiger partial charge in [-0.05, 0) is 42.5 Å². The lowest BCUT2D eigenvalue weighted by Crippen LogP contribution is -2.19. The molecule has 0 heterocycles. The van der Waals surface area contributed by atoms with Crippen molar-refractivity contribution in [3.05, 3.63) is 53.8 Å². The first-order valence-electron chi connectivity index (χ1n) is 6.30. The van der Waals surface area contributed by atoms with Crippen LogP contribution in [0.15, 0.2) is 42.5 Å². The van der Waals surface area contributed by atoms with Crippen LogP contribution in [0.4, 0.5) is 29.3 Å². The third-order valence-electron chi connectivity index (χ3n) is 2.68. The number of hydrogen-bond acceptors (Lipinski definition) is 3. The minimum absolute atomic E-state index is 0.0387. The summed E-state index contributed by atoms with van der Waals surface area (Å²) >= 11 is 0. The number of nitrogens with zero attached hydrogens (tertiary/aromatic N) is 1. The average molecular weight is 321 g/mol. The van der Waals surface area contributed by atoms with E-state index in [0.717, 1.165) is 6.07 Å². The highest BCUT2D eigenvalue weighted by Gasteiger charge is 2.07. The molecule has 0 bridgehead atoms. The van der Waals surface area contributed by atoms with E-state index in [9.17, 15) is 18.0 Å². The van der Waals surface area contributed by atoms with Crippen LogP contribution in [0.3, 0.4) is 0 Å². The van der Waals surface area contributed by atoms with Crippen LogP contribution >= 0.6 is 0 Å². The summed E-state index contributed by atoms with van der Waals surface area (Å²) in [5.41, 5.74) is 0.376. The number of urea groups is 1. The molecule has 118 valence electrons. The van der Waals surface area contributed by atoms with Gasteiger partial charge in [0, 0.05) is 11.4 Å². The molecule has 2 aromatic rings. The zero-order valence-electron chi connectivity index (χ0n) is 11.5. The molecular formula is C15H10F3N3O2. The first kappa shape index (κ1) is 16.2. The van der Waals surface area contributed by atoms with Crippen LogP contribution in [-0.4, -0.2) is 12.6 Å². The zero-order valence-corrected chi connectivity index (χ0v) is 11.5. The maximum absolute atomic E-state index is 13.2. The van der Waals surface area contributed by atoms with Gasteiger partial charge in [-0.3, -0.25) is 0 Å². The predicted octanol–water partition coefficient (Wildman–Crippen LogP) is 3.94. The molecular weight excluding hydrogens is 311 g/mol. The number of nitriles is 1. The van der Waals surface area contributed by atoms with Gasteiger partial charge < -0.3 is 15.4 Å². The van der Waals surface area contributed by atoms with Gasteiger partial charge in [-0.15, -0.1) is 0 Å². The Labute approximate surface area is 129 Å².